The van der Waals surface area contributed by atoms with Gasteiger partial charge in [0.05, 0.1) is 28.3 Å². The first-order valence-corrected chi connectivity index (χ1v) is 8.58. The first-order chi connectivity index (χ1) is 11.0. The number of nitriles is 1. The Labute approximate surface area is 140 Å². The van der Waals surface area contributed by atoms with Gasteiger partial charge in [0, 0.05) is 13.2 Å². The summed E-state index contributed by atoms with van der Waals surface area (Å²) >= 11 is 1.31. The average molecular weight is 331 g/mol. The number of fused-ring (bicyclic) bond motifs is 1. The Morgan fingerprint density at radius 1 is 1.35 bits per heavy atom. The van der Waals surface area contributed by atoms with Gasteiger partial charge in [-0.25, -0.2) is 4.98 Å². The highest BCUT2D eigenvalue weighted by molar-refractivity contribution is 8.00. The van der Waals surface area contributed by atoms with E-state index in [1.54, 1.807) is 17.6 Å². The molecule has 1 unspecified atom stereocenters. The minimum absolute atomic E-state index is 0.0622. The summed E-state index contributed by atoms with van der Waals surface area (Å²) in [6.07, 6.45) is 0.904. The molecule has 0 amide bonds. The lowest BCUT2D eigenvalue weighted by atomic mass is 10.2. The van der Waals surface area contributed by atoms with Crippen molar-refractivity contribution in [2.45, 2.75) is 50.2 Å². The lowest BCUT2D eigenvalue weighted by Gasteiger charge is -2.14. The van der Waals surface area contributed by atoms with Crippen molar-refractivity contribution in [3.63, 3.8) is 0 Å². The highest BCUT2D eigenvalue weighted by atomic mass is 32.2. The summed E-state index contributed by atoms with van der Waals surface area (Å²) in [6, 6.07) is 9.48. The zero-order valence-corrected chi connectivity index (χ0v) is 14.5. The van der Waals surface area contributed by atoms with Crippen LogP contribution in [0.5, 0.6) is 0 Å². The fraction of sp³-hybridized carbons (Fsp3) is 0.471. The minimum atomic E-state index is -0.263. The van der Waals surface area contributed by atoms with Crippen LogP contribution in [0.25, 0.3) is 10.9 Å². The smallest absolute Gasteiger partial charge is 0.262 e. The van der Waals surface area contributed by atoms with Crippen LogP contribution in [0, 0.1) is 11.3 Å². The Morgan fingerprint density at radius 2 is 2.09 bits per heavy atom. The third kappa shape index (κ3) is 4.57. The summed E-state index contributed by atoms with van der Waals surface area (Å²) < 4.78 is 7.20. The molecule has 0 bridgehead atoms. The number of benzene rings is 1. The molecule has 0 spiro atoms. The van der Waals surface area contributed by atoms with E-state index in [4.69, 9.17) is 10.00 Å². The van der Waals surface area contributed by atoms with Crippen molar-refractivity contribution in [3.8, 4) is 6.07 Å². The van der Waals surface area contributed by atoms with Gasteiger partial charge in [-0.1, -0.05) is 23.9 Å². The van der Waals surface area contributed by atoms with Crippen LogP contribution in [0.3, 0.4) is 0 Å². The Hall–Kier alpha value is -1.84. The average Bonchev–Trinajstić information content (AvgIpc) is 2.53. The summed E-state index contributed by atoms with van der Waals surface area (Å²) in [6.45, 7) is 6.90. The molecule has 0 aliphatic heterocycles. The summed E-state index contributed by atoms with van der Waals surface area (Å²) in [4.78, 5) is 17.3. The van der Waals surface area contributed by atoms with E-state index in [-0.39, 0.29) is 16.9 Å². The summed E-state index contributed by atoms with van der Waals surface area (Å²) in [5, 5.41) is 9.97. The first kappa shape index (κ1) is 17.5. The van der Waals surface area contributed by atoms with Gasteiger partial charge in [0.1, 0.15) is 0 Å². The van der Waals surface area contributed by atoms with Crippen LogP contribution in [0.15, 0.2) is 34.2 Å². The van der Waals surface area contributed by atoms with Gasteiger partial charge in [-0.05, 0) is 39.3 Å². The second-order valence-electron chi connectivity index (χ2n) is 5.53. The highest BCUT2D eigenvalue weighted by Crippen LogP contribution is 2.22. The molecule has 6 heteroatoms. The second-order valence-corrected chi connectivity index (χ2v) is 6.84. The van der Waals surface area contributed by atoms with Crippen molar-refractivity contribution in [1.82, 2.24) is 9.55 Å². The lowest BCUT2D eigenvalue weighted by molar-refractivity contribution is 0.0743. The van der Waals surface area contributed by atoms with E-state index >= 15 is 0 Å². The third-order valence-electron chi connectivity index (χ3n) is 3.27. The van der Waals surface area contributed by atoms with Gasteiger partial charge >= 0.3 is 0 Å². The number of thioether (sulfide) groups is 1. The van der Waals surface area contributed by atoms with E-state index < -0.39 is 0 Å². The Kier molecular flexibility index (Phi) is 6.20. The largest absolute Gasteiger partial charge is 0.379 e. The molecule has 23 heavy (non-hydrogen) atoms. The Bertz CT molecular complexity index is 765. The molecular weight excluding hydrogens is 310 g/mol. The van der Waals surface area contributed by atoms with Gasteiger partial charge in [-0.15, -0.1) is 0 Å². The highest BCUT2D eigenvalue weighted by Gasteiger charge is 2.14. The van der Waals surface area contributed by atoms with E-state index in [0.29, 0.717) is 29.2 Å². The van der Waals surface area contributed by atoms with Crippen molar-refractivity contribution >= 4 is 22.7 Å². The van der Waals surface area contributed by atoms with Crippen molar-refractivity contribution < 1.29 is 4.74 Å². The summed E-state index contributed by atoms with van der Waals surface area (Å²) in [5.74, 6) is 0. The van der Waals surface area contributed by atoms with Crippen LogP contribution in [0.1, 0.15) is 27.2 Å². The standard InChI is InChI=1S/C17H21N3O2S/c1-12(2)22-10-6-9-20-16(21)14-7-4-5-8-15(14)19-17(20)23-13(3)11-18/h4-5,7-8,12-13H,6,9-10H2,1-3H3. The van der Waals surface area contributed by atoms with Gasteiger partial charge in [-0.2, -0.15) is 5.26 Å². The van der Waals surface area contributed by atoms with Crippen molar-refractivity contribution in [1.29, 1.82) is 5.26 Å². The fourth-order valence-electron chi connectivity index (χ4n) is 2.16. The van der Waals surface area contributed by atoms with E-state index in [1.165, 1.54) is 11.8 Å². The molecule has 0 radical (unpaired) electrons. The molecule has 0 saturated heterocycles. The van der Waals surface area contributed by atoms with Crippen LogP contribution >= 0.6 is 11.8 Å². The number of rotatable bonds is 7. The topological polar surface area (TPSA) is 67.9 Å². The van der Waals surface area contributed by atoms with Crippen LogP contribution in [-0.2, 0) is 11.3 Å². The van der Waals surface area contributed by atoms with Crippen molar-refractivity contribution in [2.75, 3.05) is 6.61 Å². The molecule has 0 aliphatic carbocycles. The number of nitrogens with zero attached hydrogens (tertiary/aromatic N) is 3. The predicted octanol–water partition coefficient (Wildman–Crippen LogP) is 3.22. The number of hydrogen-bond donors (Lipinski definition) is 0. The summed E-state index contributed by atoms with van der Waals surface area (Å²) in [5.41, 5.74) is 0.604. The normalized spacial score (nSPS) is 12.5. The zero-order chi connectivity index (χ0) is 16.8. The van der Waals surface area contributed by atoms with Crippen molar-refractivity contribution in [3.05, 3.63) is 34.6 Å². The molecule has 2 rings (SSSR count). The predicted molar refractivity (Wildman–Crippen MR) is 92.6 cm³/mol. The number of aromatic nitrogens is 2. The van der Waals surface area contributed by atoms with Crippen LogP contribution in [-0.4, -0.2) is 27.5 Å². The van der Waals surface area contributed by atoms with Crippen LogP contribution in [0.2, 0.25) is 0 Å². The van der Waals surface area contributed by atoms with Gasteiger partial charge in [-0.3, -0.25) is 9.36 Å². The molecule has 0 saturated carbocycles. The quantitative estimate of drug-likeness (QED) is 0.443. The van der Waals surface area contributed by atoms with Gasteiger partial charge in [0.25, 0.3) is 5.56 Å². The minimum Gasteiger partial charge on any atom is -0.379 e. The molecule has 122 valence electrons. The molecular formula is C17H21N3O2S. The lowest BCUT2D eigenvalue weighted by Crippen LogP contribution is -2.24. The monoisotopic (exact) mass is 331 g/mol. The first-order valence-electron chi connectivity index (χ1n) is 7.70. The number of hydrogen-bond acceptors (Lipinski definition) is 5. The molecule has 1 aromatic heterocycles. The summed E-state index contributed by atoms with van der Waals surface area (Å²) in [7, 11) is 0. The zero-order valence-electron chi connectivity index (χ0n) is 13.7. The maximum Gasteiger partial charge on any atom is 0.262 e. The molecule has 5 nitrogen and oxygen atoms in total. The molecule has 0 fully saturated rings. The van der Waals surface area contributed by atoms with Crippen LogP contribution in [0.4, 0.5) is 0 Å². The number of ether oxygens (including phenoxy) is 1. The number of para-hydroxylation sites is 1. The third-order valence-corrected chi connectivity index (χ3v) is 4.25. The SMILES string of the molecule is CC(C)OCCCn1c(SC(C)C#N)nc2ccccc2c1=O. The Balaban J connectivity index is 2.34. The maximum absolute atomic E-state index is 12.7. The van der Waals surface area contributed by atoms with Gasteiger partial charge in [0.2, 0.25) is 0 Å². The van der Waals surface area contributed by atoms with Gasteiger partial charge in [0.15, 0.2) is 5.16 Å². The molecule has 0 aliphatic rings. The maximum atomic E-state index is 12.7. The Morgan fingerprint density at radius 3 is 2.78 bits per heavy atom. The van der Waals surface area contributed by atoms with Crippen molar-refractivity contribution in [2.24, 2.45) is 0 Å². The molecule has 1 heterocycles. The van der Waals surface area contributed by atoms with E-state index in [0.717, 1.165) is 6.42 Å². The second kappa shape index (κ2) is 8.14. The van der Waals surface area contributed by atoms with Gasteiger partial charge < -0.3 is 4.74 Å². The fourth-order valence-corrected chi connectivity index (χ4v) is 2.98. The van der Waals surface area contributed by atoms with E-state index in [1.807, 2.05) is 32.0 Å². The molecule has 1 aromatic carbocycles. The molecule has 1 atom stereocenters. The van der Waals surface area contributed by atoms with E-state index in [2.05, 4.69) is 11.1 Å². The molecule has 2 aromatic rings. The van der Waals surface area contributed by atoms with E-state index in [9.17, 15) is 4.79 Å². The van der Waals surface area contributed by atoms with Crippen LogP contribution < -0.4 is 5.56 Å². The molecule has 0 N–H and O–H groups in total.